The van der Waals surface area contributed by atoms with Crippen LogP contribution in [0.25, 0.3) is 0 Å². The predicted molar refractivity (Wildman–Crippen MR) is 57.9 cm³/mol. The lowest BCUT2D eigenvalue weighted by molar-refractivity contribution is -0.137. The van der Waals surface area contributed by atoms with E-state index in [0.717, 1.165) is 12.1 Å². The predicted octanol–water partition coefficient (Wildman–Crippen LogP) is 1.41. The van der Waals surface area contributed by atoms with Gasteiger partial charge in [0.2, 0.25) is 10.0 Å². The van der Waals surface area contributed by atoms with Gasteiger partial charge in [-0.1, -0.05) is 6.07 Å². The molecule has 0 aliphatic rings. The van der Waals surface area contributed by atoms with E-state index in [2.05, 4.69) is 5.32 Å². The van der Waals surface area contributed by atoms with Crippen LogP contribution in [-0.4, -0.2) is 20.7 Å². The number of nitrogens with two attached hydrogens (primary N) is 1. The minimum Gasteiger partial charge on any atom is -0.384 e. The number of benzene rings is 1. The monoisotopic (exact) mass is 268 g/mol. The summed E-state index contributed by atoms with van der Waals surface area (Å²) in [5, 5.41) is 7.31. The molecule has 0 spiro atoms. The zero-order valence-electron chi connectivity index (χ0n) is 8.66. The van der Waals surface area contributed by atoms with Gasteiger partial charge in [0.25, 0.3) is 0 Å². The van der Waals surface area contributed by atoms with Gasteiger partial charge in [-0.05, 0) is 18.2 Å². The summed E-state index contributed by atoms with van der Waals surface area (Å²) in [4.78, 5) is 0. The van der Waals surface area contributed by atoms with Crippen LogP contribution < -0.4 is 10.5 Å². The van der Waals surface area contributed by atoms with Crippen LogP contribution in [0.1, 0.15) is 5.56 Å². The molecule has 0 saturated carbocycles. The lowest BCUT2D eigenvalue weighted by Gasteiger charge is -2.10. The topological polar surface area (TPSA) is 72.2 Å². The first-order valence-electron chi connectivity index (χ1n) is 4.60. The van der Waals surface area contributed by atoms with Crippen molar-refractivity contribution in [3.8, 4) is 0 Å². The van der Waals surface area contributed by atoms with Gasteiger partial charge in [-0.2, -0.15) is 13.2 Å². The van der Waals surface area contributed by atoms with Crippen LogP contribution in [0.15, 0.2) is 24.3 Å². The number of rotatable bonds is 4. The first kappa shape index (κ1) is 13.8. The Hall–Kier alpha value is -1.28. The quantitative estimate of drug-likeness (QED) is 0.867. The zero-order valence-corrected chi connectivity index (χ0v) is 9.48. The van der Waals surface area contributed by atoms with Crippen molar-refractivity contribution < 1.29 is 21.6 Å². The van der Waals surface area contributed by atoms with Crippen LogP contribution >= 0.6 is 0 Å². The normalized spacial score (nSPS) is 12.5. The summed E-state index contributed by atoms with van der Waals surface area (Å²) in [6.07, 6.45) is -4.42. The molecule has 4 nitrogen and oxygen atoms in total. The number of alkyl halides is 3. The van der Waals surface area contributed by atoms with Gasteiger partial charge in [0.15, 0.2) is 0 Å². The Balaban J connectivity index is 2.67. The molecule has 0 aliphatic carbocycles. The Morgan fingerprint density at radius 2 is 1.94 bits per heavy atom. The van der Waals surface area contributed by atoms with E-state index >= 15 is 0 Å². The van der Waals surface area contributed by atoms with Gasteiger partial charge in [-0.25, -0.2) is 13.6 Å². The number of nitrogens with one attached hydrogen (secondary N) is 1. The number of sulfonamides is 1. The van der Waals surface area contributed by atoms with E-state index in [9.17, 15) is 21.6 Å². The van der Waals surface area contributed by atoms with Gasteiger partial charge in [-0.15, -0.1) is 0 Å². The Morgan fingerprint density at radius 3 is 2.47 bits per heavy atom. The Kier molecular flexibility index (Phi) is 3.99. The first-order valence-corrected chi connectivity index (χ1v) is 6.31. The molecule has 0 heterocycles. The van der Waals surface area contributed by atoms with E-state index in [1.54, 1.807) is 0 Å². The molecule has 0 amide bonds. The summed E-state index contributed by atoms with van der Waals surface area (Å²) >= 11 is 0. The van der Waals surface area contributed by atoms with E-state index in [1.807, 2.05) is 0 Å². The average Bonchev–Trinajstić information content (AvgIpc) is 2.15. The largest absolute Gasteiger partial charge is 0.416 e. The maximum atomic E-state index is 12.3. The molecule has 0 aromatic heterocycles. The molecule has 8 heteroatoms. The zero-order chi connectivity index (χ0) is 13.1. The van der Waals surface area contributed by atoms with E-state index in [0.29, 0.717) is 0 Å². The van der Waals surface area contributed by atoms with Gasteiger partial charge in [0.1, 0.15) is 0 Å². The molecule has 1 rings (SSSR count). The van der Waals surface area contributed by atoms with Crippen LogP contribution in [0.5, 0.6) is 0 Å². The standard InChI is InChI=1S/C9H11F3N2O2S/c10-9(11,12)7-2-1-3-8(6-7)14-4-5-17(13,15)16/h1-3,6,14H,4-5H2,(H2,13,15,16). The molecule has 1 aromatic rings. The minimum absolute atomic E-state index is 0.0415. The molecule has 0 aliphatic heterocycles. The van der Waals surface area contributed by atoms with E-state index in [1.165, 1.54) is 12.1 Å². The van der Waals surface area contributed by atoms with Gasteiger partial charge in [0.05, 0.1) is 11.3 Å². The third kappa shape index (κ3) is 5.05. The molecule has 0 fully saturated rings. The van der Waals surface area contributed by atoms with Gasteiger partial charge >= 0.3 is 6.18 Å². The summed E-state index contributed by atoms with van der Waals surface area (Å²) in [5.41, 5.74) is -0.596. The second kappa shape index (κ2) is 4.92. The van der Waals surface area contributed by atoms with Crippen LogP contribution in [0, 0.1) is 0 Å². The van der Waals surface area contributed by atoms with Crippen LogP contribution in [0.4, 0.5) is 18.9 Å². The third-order valence-electron chi connectivity index (χ3n) is 1.91. The second-order valence-electron chi connectivity index (χ2n) is 3.37. The smallest absolute Gasteiger partial charge is 0.384 e. The number of primary sulfonamides is 1. The highest BCUT2D eigenvalue weighted by molar-refractivity contribution is 7.89. The molecule has 0 radical (unpaired) electrons. The SMILES string of the molecule is NS(=O)(=O)CCNc1cccc(C(F)(F)F)c1. The van der Waals surface area contributed by atoms with Crippen molar-refractivity contribution in [2.45, 2.75) is 6.18 Å². The summed E-state index contributed by atoms with van der Waals surface area (Å²) in [5.74, 6) is -0.344. The van der Waals surface area contributed by atoms with Crippen LogP contribution in [0.3, 0.4) is 0 Å². The average molecular weight is 268 g/mol. The molecule has 1 aromatic carbocycles. The van der Waals surface area contributed by atoms with Crippen molar-refractivity contribution in [1.29, 1.82) is 0 Å². The Morgan fingerprint density at radius 1 is 1.29 bits per heavy atom. The third-order valence-corrected chi connectivity index (χ3v) is 2.68. The van der Waals surface area contributed by atoms with Crippen LogP contribution in [0.2, 0.25) is 0 Å². The van der Waals surface area contributed by atoms with Gasteiger partial charge < -0.3 is 5.32 Å². The van der Waals surface area contributed by atoms with Crippen molar-refractivity contribution >= 4 is 15.7 Å². The summed E-state index contributed by atoms with van der Waals surface area (Å²) in [7, 11) is -3.62. The Labute approximate surface area is 96.7 Å². The highest BCUT2D eigenvalue weighted by Crippen LogP contribution is 2.30. The maximum absolute atomic E-state index is 12.3. The van der Waals surface area contributed by atoms with Crippen molar-refractivity contribution in [3.63, 3.8) is 0 Å². The highest BCUT2D eigenvalue weighted by atomic mass is 32.2. The molecule has 0 saturated heterocycles. The molecular weight excluding hydrogens is 257 g/mol. The first-order chi connectivity index (χ1) is 7.68. The van der Waals surface area contributed by atoms with Crippen LogP contribution in [-0.2, 0) is 16.2 Å². The highest BCUT2D eigenvalue weighted by Gasteiger charge is 2.30. The van der Waals surface area contributed by atoms with E-state index < -0.39 is 21.8 Å². The number of halogens is 3. The summed E-state index contributed by atoms with van der Waals surface area (Å²) in [6, 6.07) is 4.49. The number of anilines is 1. The lowest BCUT2D eigenvalue weighted by Crippen LogP contribution is -2.22. The van der Waals surface area contributed by atoms with Crippen molar-refractivity contribution in [1.82, 2.24) is 0 Å². The van der Waals surface area contributed by atoms with Crippen molar-refractivity contribution in [2.75, 3.05) is 17.6 Å². The summed E-state index contributed by atoms with van der Waals surface area (Å²) < 4.78 is 58.2. The molecule has 17 heavy (non-hydrogen) atoms. The molecule has 96 valence electrons. The number of hydrogen-bond donors (Lipinski definition) is 2. The van der Waals surface area contributed by atoms with Gasteiger partial charge in [0, 0.05) is 12.2 Å². The molecule has 0 unspecified atom stereocenters. The molecule has 3 N–H and O–H groups in total. The molecular formula is C9H11F3N2O2S. The second-order valence-corrected chi connectivity index (χ2v) is 5.11. The maximum Gasteiger partial charge on any atom is 0.416 e. The van der Waals surface area contributed by atoms with E-state index in [-0.39, 0.29) is 18.0 Å². The summed E-state index contributed by atoms with van der Waals surface area (Å²) in [6.45, 7) is -0.0415. The van der Waals surface area contributed by atoms with Crippen molar-refractivity contribution in [3.05, 3.63) is 29.8 Å². The van der Waals surface area contributed by atoms with E-state index in [4.69, 9.17) is 5.14 Å². The molecule has 0 bridgehead atoms. The minimum atomic E-state index is -4.42. The molecule has 0 atom stereocenters. The fraction of sp³-hybridized carbons (Fsp3) is 0.333. The Bertz CT molecular complexity index is 485. The fourth-order valence-electron chi connectivity index (χ4n) is 1.14. The fourth-order valence-corrected chi connectivity index (χ4v) is 1.53. The van der Waals surface area contributed by atoms with Crippen molar-refractivity contribution in [2.24, 2.45) is 5.14 Å². The number of hydrogen-bond acceptors (Lipinski definition) is 3. The van der Waals surface area contributed by atoms with Gasteiger partial charge in [-0.3, -0.25) is 0 Å². The lowest BCUT2D eigenvalue weighted by atomic mass is 10.2.